The van der Waals surface area contributed by atoms with Crippen LogP contribution < -0.4 is 5.32 Å². The minimum atomic E-state index is -0.205. The Hall–Kier alpha value is -0.610. The lowest BCUT2D eigenvalue weighted by Gasteiger charge is -2.33. The summed E-state index contributed by atoms with van der Waals surface area (Å²) in [4.78, 5) is 11.6. The van der Waals surface area contributed by atoms with Crippen molar-refractivity contribution in [3.05, 3.63) is 0 Å². The lowest BCUT2D eigenvalue weighted by Crippen LogP contribution is -2.53. The van der Waals surface area contributed by atoms with Crippen LogP contribution in [-0.2, 0) is 14.3 Å². The zero-order valence-corrected chi connectivity index (χ0v) is 9.08. The Morgan fingerprint density at radius 1 is 1.57 bits per heavy atom. The van der Waals surface area contributed by atoms with Crippen molar-refractivity contribution in [2.75, 3.05) is 19.8 Å². The minimum Gasteiger partial charge on any atom is -0.465 e. The third-order valence-electron chi connectivity index (χ3n) is 2.19. The van der Waals surface area contributed by atoms with Crippen molar-refractivity contribution in [1.82, 2.24) is 5.32 Å². The van der Waals surface area contributed by atoms with Gasteiger partial charge in [-0.2, -0.15) is 0 Å². The second-order valence-corrected chi connectivity index (χ2v) is 3.85. The van der Waals surface area contributed by atoms with Crippen LogP contribution in [-0.4, -0.2) is 37.9 Å². The van der Waals surface area contributed by atoms with Gasteiger partial charge in [-0.1, -0.05) is 13.8 Å². The fourth-order valence-corrected chi connectivity index (χ4v) is 1.43. The van der Waals surface area contributed by atoms with Crippen LogP contribution in [0.5, 0.6) is 0 Å². The quantitative estimate of drug-likeness (QED) is 0.660. The Labute approximate surface area is 85.0 Å². The highest BCUT2D eigenvalue weighted by Crippen LogP contribution is 2.16. The number of ether oxygens (including phenoxy) is 2. The van der Waals surface area contributed by atoms with Gasteiger partial charge in [-0.05, 0) is 6.92 Å². The summed E-state index contributed by atoms with van der Waals surface area (Å²) in [6, 6.07) is 0.0775. The van der Waals surface area contributed by atoms with Gasteiger partial charge in [0.15, 0.2) is 0 Å². The first-order valence-electron chi connectivity index (χ1n) is 5.15. The molecule has 1 fully saturated rings. The van der Waals surface area contributed by atoms with Gasteiger partial charge in [0, 0.05) is 12.0 Å². The second-order valence-electron chi connectivity index (χ2n) is 3.85. The van der Waals surface area contributed by atoms with E-state index in [-0.39, 0.29) is 24.0 Å². The highest BCUT2D eigenvalue weighted by atomic mass is 16.5. The molecule has 1 unspecified atom stereocenters. The first-order chi connectivity index (χ1) is 6.65. The van der Waals surface area contributed by atoms with Crippen LogP contribution in [0.3, 0.4) is 0 Å². The van der Waals surface area contributed by atoms with E-state index in [1.807, 2.05) is 20.8 Å². The van der Waals surface area contributed by atoms with E-state index in [9.17, 15) is 4.79 Å². The van der Waals surface area contributed by atoms with Crippen molar-refractivity contribution in [1.29, 1.82) is 0 Å². The number of carbonyl (C=O) groups is 1. The molecule has 0 aromatic carbocycles. The van der Waals surface area contributed by atoms with Crippen LogP contribution in [0.2, 0.25) is 0 Å². The van der Waals surface area contributed by atoms with Gasteiger partial charge in [-0.25, -0.2) is 0 Å². The van der Waals surface area contributed by atoms with Crippen LogP contribution in [0, 0.1) is 5.92 Å². The van der Waals surface area contributed by atoms with Gasteiger partial charge in [0.25, 0.3) is 0 Å². The molecule has 1 aliphatic heterocycles. The molecular formula is C10H19NO3. The van der Waals surface area contributed by atoms with Crippen molar-refractivity contribution in [3.8, 4) is 0 Å². The minimum absolute atomic E-state index is 0.158. The normalized spacial score (nSPS) is 19.1. The molecule has 0 aliphatic carbocycles. The fourth-order valence-electron chi connectivity index (χ4n) is 1.43. The van der Waals surface area contributed by atoms with Gasteiger partial charge in [0.1, 0.15) is 6.04 Å². The van der Waals surface area contributed by atoms with E-state index in [1.54, 1.807) is 0 Å². The van der Waals surface area contributed by atoms with E-state index in [0.29, 0.717) is 19.8 Å². The third kappa shape index (κ3) is 2.96. The van der Waals surface area contributed by atoms with E-state index in [1.165, 1.54) is 0 Å². The summed E-state index contributed by atoms with van der Waals surface area (Å²) >= 11 is 0. The molecule has 0 aromatic rings. The summed E-state index contributed by atoms with van der Waals surface area (Å²) in [5.41, 5.74) is 0. The molecule has 0 radical (unpaired) electrons. The molecule has 4 nitrogen and oxygen atoms in total. The summed E-state index contributed by atoms with van der Waals surface area (Å²) in [5.74, 6) is 0.117. The molecule has 0 amide bonds. The predicted octanol–water partition coefficient (Wildman–Crippen LogP) is 0.562. The lowest BCUT2D eigenvalue weighted by molar-refractivity contribution is -0.153. The Balaban J connectivity index is 2.46. The highest BCUT2D eigenvalue weighted by molar-refractivity contribution is 5.76. The van der Waals surface area contributed by atoms with Crippen LogP contribution in [0.1, 0.15) is 20.8 Å². The van der Waals surface area contributed by atoms with E-state index in [4.69, 9.17) is 9.47 Å². The SMILES string of the molecule is CCOC(=O)C(NC(C)C)C1COC1. The number of esters is 1. The van der Waals surface area contributed by atoms with Gasteiger partial charge in [0.2, 0.25) is 0 Å². The van der Waals surface area contributed by atoms with Gasteiger partial charge < -0.3 is 14.8 Å². The largest absolute Gasteiger partial charge is 0.465 e. The Kier molecular flexibility index (Phi) is 4.35. The van der Waals surface area contributed by atoms with Crippen LogP contribution in [0.4, 0.5) is 0 Å². The average Bonchev–Trinajstić information content (AvgIpc) is 1.99. The Bertz CT molecular complexity index is 190. The average molecular weight is 201 g/mol. The molecule has 4 heteroatoms. The molecule has 1 saturated heterocycles. The molecule has 1 N–H and O–H groups in total. The number of rotatable bonds is 5. The maximum atomic E-state index is 11.6. The summed E-state index contributed by atoms with van der Waals surface area (Å²) in [5, 5.41) is 3.21. The molecule has 0 aromatic heterocycles. The van der Waals surface area contributed by atoms with E-state index >= 15 is 0 Å². The molecule has 1 atom stereocenters. The number of hydrogen-bond acceptors (Lipinski definition) is 4. The summed E-state index contributed by atoms with van der Waals surface area (Å²) < 4.78 is 10.1. The standard InChI is InChI=1S/C10H19NO3/c1-4-14-10(12)9(11-7(2)3)8-5-13-6-8/h7-9,11H,4-6H2,1-3H3. The second kappa shape index (κ2) is 5.32. The maximum absolute atomic E-state index is 11.6. The highest BCUT2D eigenvalue weighted by Gasteiger charge is 2.34. The fraction of sp³-hybridized carbons (Fsp3) is 0.900. The van der Waals surface area contributed by atoms with Gasteiger partial charge in [-0.3, -0.25) is 4.79 Å². The molecule has 14 heavy (non-hydrogen) atoms. The van der Waals surface area contributed by atoms with Crippen molar-refractivity contribution < 1.29 is 14.3 Å². The number of nitrogens with one attached hydrogen (secondary N) is 1. The predicted molar refractivity (Wildman–Crippen MR) is 53.0 cm³/mol. The number of carbonyl (C=O) groups excluding carboxylic acids is 1. The molecular weight excluding hydrogens is 182 g/mol. The van der Waals surface area contributed by atoms with Crippen LogP contribution in [0.15, 0.2) is 0 Å². The lowest BCUT2D eigenvalue weighted by atomic mass is 9.97. The molecule has 82 valence electrons. The maximum Gasteiger partial charge on any atom is 0.323 e. The van der Waals surface area contributed by atoms with E-state index in [0.717, 1.165) is 0 Å². The Morgan fingerprint density at radius 3 is 2.57 bits per heavy atom. The molecule has 0 bridgehead atoms. The summed E-state index contributed by atoms with van der Waals surface area (Å²) in [6.07, 6.45) is 0. The molecule has 1 aliphatic rings. The smallest absolute Gasteiger partial charge is 0.323 e. The first kappa shape index (κ1) is 11.5. The van der Waals surface area contributed by atoms with Gasteiger partial charge in [0.05, 0.1) is 19.8 Å². The van der Waals surface area contributed by atoms with Gasteiger partial charge in [-0.15, -0.1) is 0 Å². The molecule has 0 spiro atoms. The van der Waals surface area contributed by atoms with Crippen LogP contribution >= 0.6 is 0 Å². The van der Waals surface area contributed by atoms with Crippen LogP contribution in [0.25, 0.3) is 0 Å². The molecule has 0 saturated carbocycles. The summed E-state index contributed by atoms with van der Waals surface area (Å²) in [6.45, 7) is 7.61. The third-order valence-corrected chi connectivity index (χ3v) is 2.19. The molecule has 1 rings (SSSR count). The van der Waals surface area contributed by atoms with Gasteiger partial charge >= 0.3 is 5.97 Å². The van der Waals surface area contributed by atoms with E-state index in [2.05, 4.69) is 5.32 Å². The monoisotopic (exact) mass is 201 g/mol. The van der Waals surface area contributed by atoms with Crippen molar-refractivity contribution in [2.24, 2.45) is 5.92 Å². The van der Waals surface area contributed by atoms with Crippen molar-refractivity contribution in [3.63, 3.8) is 0 Å². The zero-order chi connectivity index (χ0) is 10.6. The van der Waals surface area contributed by atoms with E-state index < -0.39 is 0 Å². The van der Waals surface area contributed by atoms with Crippen molar-refractivity contribution >= 4 is 5.97 Å². The molecule has 1 heterocycles. The topological polar surface area (TPSA) is 47.6 Å². The van der Waals surface area contributed by atoms with Crippen molar-refractivity contribution in [2.45, 2.75) is 32.9 Å². The zero-order valence-electron chi connectivity index (χ0n) is 9.08. The Morgan fingerprint density at radius 2 is 2.21 bits per heavy atom. The first-order valence-corrected chi connectivity index (χ1v) is 5.15. The summed E-state index contributed by atoms with van der Waals surface area (Å²) in [7, 11) is 0. The number of hydrogen-bond donors (Lipinski definition) is 1.